The van der Waals surface area contributed by atoms with Crippen LogP contribution < -0.4 is 0 Å². The average molecular weight is 327 g/mol. The Morgan fingerprint density at radius 1 is 1.47 bits per heavy atom. The Balaban J connectivity index is 1.81. The van der Waals surface area contributed by atoms with Gasteiger partial charge in [-0.1, -0.05) is 21.1 Å². The largest absolute Gasteiger partial charge is 0.392 e. The Bertz CT molecular complexity index is 598. The second-order valence-corrected chi connectivity index (χ2v) is 5.60. The minimum atomic E-state index is -0.427. The first-order chi connectivity index (χ1) is 9.13. The fourth-order valence-electron chi connectivity index (χ4n) is 1.94. The maximum Gasteiger partial charge on any atom is 0.229 e. The van der Waals surface area contributed by atoms with Gasteiger partial charge >= 0.3 is 0 Å². The van der Waals surface area contributed by atoms with Crippen molar-refractivity contribution < 1.29 is 14.0 Å². The van der Waals surface area contributed by atoms with E-state index in [1.54, 1.807) is 6.07 Å². The second-order valence-electron chi connectivity index (χ2n) is 4.74. The smallest absolute Gasteiger partial charge is 0.229 e. The van der Waals surface area contributed by atoms with Crippen molar-refractivity contribution in [2.75, 3.05) is 0 Å². The third-order valence-electron chi connectivity index (χ3n) is 3.19. The van der Waals surface area contributed by atoms with E-state index in [0.717, 1.165) is 12.8 Å². The van der Waals surface area contributed by atoms with Crippen molar-refractivity contribution in [3.63, 3.8) is 0 Å². The third-order valence-corrected chi connectivity index (χ3v) is 3.88. The molecule has 0 aliphatic heterocycles. The predicted molar refractivity (Wildman–Crippen MR) is 69.8 cm³/mol. The molecule has 1 aromatic heterocycles. The van der Waals surface area contributed by atoms with Gasteiger partial charge in [0.2, 0.25) is 11.7 Å². The summed E-state index contributed by atoms with van der Waals surface area (Å²) in [4.78, 5) is 4.20. The van der Waals surface area contributed by atoms with Crippen molar-refractivity contribution in [2.24, 2.45) is 5.92 Å². The molecule has 0 amide bonds. The molecule has 6 heteroatoms. The van der Waals surface area contributed by atoms with E-state index in [2.05, 4.69) is 26.1 Å². The number of hydrogen-bond donors (Lipinski definition) is 1. The molecule has 3 rings (SSSR count). The lowest BCUT2D eigenvalue weighted by Gasteiger charge is -2.03. The molecular formula is C13H12BrFN2O2. The highest BCUT2D eigenvalue weighted by Gasteiger charge is 2.31. The summed E-state index contributed by atoms with van der Waals surface area (Å²) >= 11 is 3.32. The van der Waals surface area contributed by atoms with Gasteiger partial charge in [0.1, 0.15) is 5.82 Å². The first kappa shape index (κ1) is 12.7. The zero-order chi connectivity index (χ0) is 13.4. The Kier molecular flexibility index (Phi) is 3.36. The Morgan fingerprint density at radius 2 is 2.26 bits per heavy atom. The molecule has 0 radical (unpaired) electrons. The van der Waals surface area contributed by atoms with Crippen LogP contribution in [0.25, 0.3) is 11.4 Å². The van der Waals surface area contributed by atoms with Crippen LogP contribution in [0.5, 0.6) is 0 Å². The quantitative estimate of drug-likeness (QED) is 0.938. The van der Waals surface area contributed by atoms with E-state index < -0.39 is 6.10 Å². The first-order valence-electron chi connectivity index (χ1n) is 6.09. The van der Waals surface area contributed by atoms with Gasteiger partial charge in [0, 0.05) is 10.0 Å². The number of hydrogen-bond acceptors (Lipinski definition) is 4. The van der Waals surface area contributed by atoms with Crippen LogP contribution in [0.2, 0.25) is 0 Å². The summed E-state index contributed by atoms with van der Waals surface area (Å²) in [6.45, 7) is 0. The van der Waals surface area contributed by atoms with Crippen molar-refractivity contribution >= 4 is 15.9 Å². The molecule has 1 saturated carbocycles. The van der Waals surface area contributed by atoms with Gasteiger partial charge in [-0.15, -0.1) is 0 Å². The summed E-state index contributed by atoms with van der Waals surface area (Å²) in [5, 5.41) is 13.7. The van der Waals surface area contributed by atoms with E-state index in [0.29, 0.717) is 34.1 Å². The number of nitrogens with zero attached hydrogens (tertiary/aromatic N) is 2. The molecule has 0 bridgehead atoms. The van der Waals surface area contributed by atoms with E-state index in [-0.39, 0.29) is 5.82 Å². The molecule has 1 N–H and O–H groups in total. The molecule has 1 aliphatic carbocycles. The number of aromatic nitrogens is 2. The van der Waals surface area contributed by atoms with Gasteiger partial charge in [-0.25, -0.2) is 4.39 Å². The normalized spacial score (nSPS) is 16.6. The van der Waals surface area contributed by atoms with Gasteiger partial charge < -0.3 is 9.63 Å². The SMILES string of the molecule is OC(Cc1nc(-c2cc(F)ccc2Br)no1)C1CC1. The standard InChI is InChI=1S/C13H12BrFN2O2/c14-10-4-3-8(15)5-9(10)13-16-12(19-17-13)6-11(18)7-1-2-7/h3-5,7,11,18H,1-2,6H2. The molecule has 0 spiro atoms. The lowest BCUT2D eigenvalue weighted by atomic mass is 10.1. The maximum absolute atomic E-state index is 13.2. The van der Waals surface area contributed by atoms with Crippen LogP contribution in [0.4, 0.5) is 4.39 Å². The van der Waals surface area contributed by atoms with Gasteiger partial charge in [0.05, 0.1) is 12.5 Å². The van der Waals surface area contributed by atoms with E-state index >= 15 is 0 Å². The van der Waals surface area contributed by atoms with Gasteiger partial charge in [0.25, 0.3) is 0 Å². The molecule has 1 aliphatic rings. The molecule has 0 saturated heterocycles. The molecule has 1 aromatic carbocycles. The van der Waals surface area contributed by atoms with Crippen molar-refractivity contribution in [3.05, 3.63) is 34.4 Å². The average Bonchev–Trinajstić information content (AvgIpc) is 3.14. The number of benzene rings is 1. The maximum atomic E-state index is 13.2. The third kappa shape index (κ3) is 2.84. The van der Waals surface area contributed by atoms with Crippen LogP contribution in [0.1, 0.15) is 18.7 Å². The molecule has 1 unspecified atom stereocenters. The fourth-order valence-corrected chi connectivity index (χ4v) is 2.37. The van der Waals surface area contributed by atoms with Crippen LogP contribution in [0, 0.1) is 11.7 Å². The fraction of sp³-hybridized carbons (Fsp3) is 0.385. The van der Waals surface area contributed by atoms with E-state index in [1.807, 2.05) is 0 Å². The van der Waals surface area contributed by atoms with Crippen LogP contribution in [0.3, 0.4) is 0 Å². The lowest BCUT2D eigenvalue weighted by Crippen LogP contribution is -2.12. The summed E-state index contributed by atoms with van der Waals surface area (Å²) in [5.41, 5.74) is 0.538. The first-order valence-corrected chi connectivity index (χ1v) is 6.89. The monoisotopic (exact) mass is 326 g/mol. The van der Waals surface area contributed by atoms with Gasteiger partial charge in [-0.3, -0.25) is 0 Å². The molecule has 1 fully saturated rings. The summed E-state index contributed by atoms with van der Waals surface area (Å²) in [7, 11) is 0. The zero-order valence-corrected chi connectivity index (χ0v) is 11.6. The van der Waals surface area contributed by atoms with Gasteiger partial charge in [0.15, 0.2) is 0 Å². The molecular weight excluding hydrogens is 315 g/mol. The van der Waals surface area contributed by atoms with Crippen LogP contribution in [0.15, 0.2) is 27.2 Å². The molecule has 19 heavy (non-hydrogen) atoms. The summed E-state index contributed by atoms with van der Waals surface area (Å²) in [6.07, 6.45) is 2.03. The Hall–Kier alpha value is -1.27. The van der Waals surface area contributed by atoms with Crippen molar-refractivity contribution in [3.8, 4) is 11.4 Å². The zero-order valence-electron chi connectivity index (χ0n) is 10.0. The summed E-state index contributed by atoms with van der Waals surface area (Å²) < 4.78 is 19.0. The number of halogens is 2. The van der Waals surface area contributed by atoms with E-state index in [9.17, 15) is 9.50 Å². The Morgan fingerprint density at radius 3 is 3.00 bits per heavy atom. The van der Waals surface area contributed by atoms with Crippen LogP contribution >= 0.6 is 15.9 Å². The lowest BCUT2D eigenvalue weighted by molar-refractivity contribution is 0.140. The minimum Gasteiger partial charge on any atom is -0.392 e. The highest BCUT2D eigenvalue weighted by molar-refractivity contribution is 9.10. The van der Waals surface area contributed by atoms with Crippen LogP contribution in [-0.4, -0.2) is 21.4 Å². The number of aliphatic hydroxyl groups is 1. The number of aliphatic hydroxyl groups excluding tert-OH is 1. The molecule has 1 heterocycles. The van der Waals surface area contributed by atoms with Crippen molar-refractivity contribution in [2.45, 2.75) is 25.4 Å². The van der Waals surface area contributed by atoms with Crippen LogP contribution in [-0.2, 0) is 6.42 Å². The predicted octanol–water partition coefficient (Wildman–Crippen LogP) is 2.95. The summed E-state index contributed by atoms with van der Waals surface area (Å²) in [6, 6.07) is 4.29. The summed E-state index contributed by atoms with van der Waals surface area (Å²) in [5.74, 6) is 0.703. The van der Waals surface area contributed by atoms with Crippen molar-refractivity contribution in [1.29, 1.82) is 0 Å². The van der Waals surface area contributed by atoms with E-state index in [1.165, 1.54) is 12.1 Å². The molecule has 2 aromatic rings. The van der Waals surface area contributed by atoms with Gasteiger partial charge in [-0.2, -0.15) is 4.98 Å². The van der Waals surface area contributed by atoms with E-state index in [4.69, 9.17) is 4.52 Å². The Labute approximate surface area is 117 Å². The molecule has 1 atom stereocenters. The molecule has 100 valence electrons. The van der Waals surface area contributed by atoms with Crippen molar-refractivity contribution in [1.82, 2.24) is 10.1 Å². The molecule has 4 nitrogen and oxygen atoms in total. The highest BCUT2D eigenvalue weighted by Crippen LogP contribution is 2.34. The van der Waals surface area contributed by atoms with Gasteiger partial charge in [-0.05, 0) is 37.0 Å². The number of rotatable bonds is 4. The topological polar surface area (TPSA) is 59.2 Å². The highest BCUT2D eigenvalue weighted by atomic mass is 79.9. The second kappa shape index (κ2) is 5.02. The minimum absolute atomic E-state index is 0.323.